The van der Waals surface area contributed by atoms with Gasteiger partial charge in [-0.15, -0.1) is 11.3 Å². The highest BCUT2D eigenvalue weighted by Gasteiger charge is 2.03. The molecule has 0 aliphatic heterocycles. The van der Waals surface area contributed by atoms with Gasteiger partial charge in [0.15, 0.2) is 0 Å². The molecule has 1 aromatic heterocycles. The third-order valence-electron chi connectivity index (χ3n) is 3.35. The first-order valence-electron chi connectivity index (χ1n) is 6.99. The van der Waals surface area contributed by atoms with Crippen LogP contribution in [0, 0.1) is 18.8 Å². The first-order valence-corrected chi connectivity index (χ1v) is 7.87. The summed E-state index contributed by atoms with van der Waals surface area (Å²) in [6, 6.07) is 19.8. The predicted octanol–water partition coefficient (Wildman–Crippen LogP) is 4.96. The van der Waals surface area contributed by atoms with Crippen molar-refractivity contribution in [1.82, 2.24) is 0 Å². The van der Waals surface area contributed by atoms with Crippen molar-refractivity contribution in [2.45, 2.75) is 6.92 Å². The molecule has 3 rings (SSSR count). The summed E-state index contributed by atoms with van der Waals surface area (Å²) >= 11 is 1.54. The van der Waals surface area contributed by atoms with Crippen molar-refractivity contribution in [2.75, 3.05) is 0 Å². The lowest BCUT2D eigenvalue weighted by Gasteiger charge is -2.03. The van der Waals surface area contributed by atoms with Crippen LogP contribution in [0.2, 0.25) is 0 Å². The van der Waals surface area contributed by atoms with E-state index in [4.69, 9.17) is 0 Å². The van der Waals surface area contributed by atoms with E-state index in [9.17, 15) is 4.79 Å². The number of rotatable bonds is 2. The van der Waals surface area contributed by atoms with Crippen LogP contribution in [-0.4, -0.2) is 5.78 Å². The van der Waals surface area contributed by atoms with Crippen molar-refractivity contribution in [3.05, 3.63) is 82.0 Å². The molecule has 2 aromatic carbocycles. The molecule has 0 amide bonds. The number of hydrogen-bond acceptors (Lipinski definition) is 2. The van der Waals surface area contributed by atoms with Crippen LogP contribution in [0.3, 0.4) is 0 Å². The van der Waals surface area contributed by atoms with Gasteiger partial charge in [0.05, 0.1) is 4.88 Å². The van der Waals surface area contributed by atoms with E-state index in [1.165, 1.54) is 16.9 Å². The lowest BCUT2D eigenvalue weighted by molar-refractivity contribution is 0.105. The lowest BCUT2D eigenvalue weighted by atomic mass is 10.0. The molecule has 0 N–H and O–H groups in total. The van der Waals surface area contributed by atoms with Crippen LogP contribution >= 0.6 is 11.3 Å². The molecule has 0 spiro atoms. The Labute approximate surface area is 134 Å². The summed E-state index contributed by atoms with van der Waals surface area (Å²) in [5.41, 5.74) is 4.11. The maximum absolute atomic E-state index is 12.1. The van der Waals surface area contributed by atoms with Crippen molar-refractivity contribution in [3.63, 3.8) is 0 Å². The average Bonchev–Trinajstić information content (AvgIpc) is 3.07. The number of carbonyl (C=O) groups excluding carboxylic acids is 1. The van der Waals surface area contributed by atoms with Crippen molar-refractivity contribution >= 4 is 17.1 Å². The van der Waals surface area contributed by atoms with Crippen LogP contribution in [0.15, 0.2) is 66.0 Å². The van der Waals surface area contributed by atoms with Gasteiger partial charge in [0.25, 0.3) is 0 Å². The number of ketones is 1. The Kier molecular flexibility index (Phi) is 4.18. The molecule has 0 fully saturated rings. The molecular formula is C20H14OS. The summed E-state index contributed by atoms with van der Waals surface area (Å²) in [7, 11) is 0. The zero-order chi connectivity index (χ0) is 15.4. The van der Waals surface area contributed by atoms with Gasteiger partial charge in [0.1, 0.15) is 0 Å². The standard InChI is InChI=1S/C20H14OS/c1-15-4-6-16(7-5-15)17-8-10-18(11-9-17)20(21)13-12-19-3-2-14-22-19/h2-11,14H,1H3. The number of aryl methyl sites for hydroxylation is 1. The number of carbonyl (C=O) groups is 1. The first kappa shape index (κ1) is 14.3. The number of benzene rings is 2. The lowest BCUT2D eigenvalue weighted by Crippen LogP contribution is -1.94. The quantitative estimate of drug-likeness (QED) is 0.483. The monoisotopic (exact) mass is 302 g/mol. The highest BCUT2D eigenvalue weighted by Crippen LogP contribution is 2.20. The van der Waals surface area contributed by atoms with E-state index in [0.29, 0.717) is 5.56 Å². The third kappa shape index (κ3) is 3.33. The molecule has 106 valence electrons. The number of hydrogen-bond donors (Lipinski definition) is 0. The zero-order valence-corrected chi connectivity index (χ0v) is 13.0. The molecule has 22 heavy (non-hydrogen) atoms. The van der Waals surface area contributed by atoms with Gasteiger partial charge in [0, 0.05) is 5.56 Å². The molecule has 0 aliphatic rings. The predicted molar refractivity (Wildman–Crippen MR) is 92.1 cm³/mol. The molecular weight excluding hydrogens is 288 g/mol. The second-order valence-corrected chi connectivity index (χ2v) is 5.95. The molecule has 0 bridgehead atoms. The van der Waals surface area contributed by atoms with E-state index in [-0.39, 0.29) is 5.78 Å². The Morgan fingerprint density at radius 2 is 1.55 bits per heavy atom. The highest BCUT2D eigenvalue weighted by atomic mass is 32.1. The van der Waals surface area contributed by atoms with Crippen LogP contribution in [0.4, 0.5) is 0 Å². The number of thiophene rings is 1. The van der Waals surface area contributed by atoms with E-state index in [1.54, 1.807) is 0 Å². The summed E-state index contributed by atoms with van der Waals surface area (Å²) in [6.07, 6.45) is 0. The van der Waals surface area contributed by atoms with Gasteiger partial charge in [-0.1, -0.05) is 48.0 Å². The van der Waals surface area contributed by atoms with Crippen LogP contribution in [0.25, 0.3) is 11.1 Å². The minimum Gasteiger partial charge on any atom is -0.279 e. The fraction of sp³-hybridized carbons (Fsp3) is 0.0500. The van der Waals surface area contributed by atoms with Crippen LogP contribution < -0.4 is 0 Å². The minimum atomic E-state index is -0.149. The number of Topliss-reactive ketones (excluding diaryl/α,β-unsaturated/α-hetero) is 1. The van der Waals surface area contributed by atoms with Crippen molar-refractivity contribution in [3.8, 4) is 23.0 Å². The van der Waals surface area contributed by atoms with Crippen molar-refractivity contribution in [2.24, 2.45) is 0 Å². The van der Waals surface area contributed by atoms with Gasteiger partial charge in [-0.2, -0.15) is 0 Å². The Morgan fingerprint density at radius 3 is 2.14 bits per heavy atom. The minimum absolute atomic E-state index is 0.149. The van der Waals surface area contributed by atoms with Crippen molar-refractivity contribution in [1.29, 1.82) is 0 Å². The van der Waals surface area contributed by atoms with Crippen LogP contribution in [0.5, 0.6) is 0 Å². The maximum atomic E-state index is 12.1. The van der Waals surface area contributed by atoms with E-state index in [2.05, 4.69) is 43.0 Å². The Balaban J connectivity index is 1.79. The van der Waals surface area contributed by atoms with Crippen molar-refractivity contribution < 1.29 is 4.79 Å². The largest absolute Gasteiger partial charge is 0.279 e. The third-order valence-corrected chi connectivity index (χ3v) is 4.14. The second kappa shape index (κ2) is 6.43. The van der Waals surface area contributed by atoms with Gasteiger partial charge in [-0.3, -0.25) is 4.79 Å². The topological polar surface area (TPSA) is 17.1 Å². The van der Waals surface area contributed by atoms with Gasteiger partial charge >= 0.3 is 0 Å². The summed E-state index contributed by atoms with van der Waals surface area (Å²) in [4.78, 5) is 13.0. The normalized spacial score (nSPS) is 9.86. The Morgan fingerprint density at radius 1 is 0.909 bits per heavy atom. The maximum Gasteiger partial charge on any atom is 0.236 e. The van der Waals surface area contributed by atoms with Crippen LogP contribution in [-0.2, 0) is 0 Å². The molecule has 0 unspecified atom stereocenters. The smallest absolute Gasteiger partial charge is 0.236 e. The van der Waals surface area contributed by atoms with Gasteiger partial charge in [0.2, 0.25) is 5.78 Å². The first-order chi connectivity index (χ1) is 10.7. The molecule has 0 saturated heterocycles. The fourth-order valence-electron chi connectivity index (χ4n) is 2.10. The van der Waals surface area contributed by atoms with Gasteiger partial charge < -0.3 is 0 Å². The fourth-order valence-corrected chi connectivity index (χ4v) is 2.67. The molecule has 1 heterocycles. The summed E-state index contributed by atoms with van der Waals surface area (Å²) in [5, 5.41) is 1.95. The molecule has 1 nitrogen and oxygen atoms in total. The average molecular weight is 302 g/mol. The van der Waals surface area contributed by atoms with Crippen LogP contribution in [0.1, 0.15) is 20.8 Å². The summed E-state index contributed by atoms with van der Waals surface area (Å²) < 4.78 is 0. The zero-order valence-electron chi connectivity index (χ0n) is 12.2. The summed E-state index contributed by atoms with van der Waals surface area (Å²) in [5.74, 6) is 5.43. The molecule has 3 aromatic rings. The molecule has 2 heteroatoms. The van der Waals surface area contributed by atoms with Gasteiger partial charge in [-0.05, 0) is 53.5 Å². The summed E-state index contributed by atoms with van der Waals surface area (Å²) in [6.45, 7) is 2.07. The Bertz CT molecular complexity index is 829. The Hall–Kier alpha value is -2.63. The molecule has 0 radical (unpaired) electrons. The van der Waals surface area contributed by atoms with E-state index >= 15 is 0 Å². The SMILES string of the molecule is Cc1ccc(-c2ccc(C(=O)C#Cc3cccs3)cc2)cc1. The molecule has 0 atom stereocenters. The highest BCUT2D eigenvalue weighted by molar-refractivity contribution is 7.10. The molecule has 0 saturated carbocycles. The van der Waals surface area contributed by atoms with E-state index in [0.717, 1.165) is 16.0 Å². The molecule has 0 aliphatic carbocycles. The van der Waals surface area contributed by atoms with E-state index in [1.807, 2.05) is 41.8 Å². The van der Waals surface area contributed by atoms with E-state index < -0.39 is 0 Å². The second-order valence-electron chi connectivity index (χ2n) is 5.00. The van der Waals surface area contributed by atoms with Gasteiger partial charge in [-0.25, -0.2) is 0 Å².